The van der Waals surface area contributed by atoms with Crippen LogP contribution < -0.4 is 5.32 Å². The van der Waals surface area contributed by atoms with Gasteiger partial charge in [0.15, 0.2) is 0 Å². The molecule has 4 heteroatoms. The Labute approximate surface area is 92.5 Å². The van der Waals surface area contributed by atoms with E-state index in [1.807, 2.05) is 6.07 Å². The maximum atomic E-state index is 11.7. The van der Waals surface area contributed by atoms with Crippen LogP contribution in [-0.2, 0) is 0 Å². The lowest BCUT2D eigenvalue weighted by atomic mass is 10.2. The van der Waals surface area contributed by atoms with Gasteiger partial charge >= 0.3 is 0 Å². The van der Waals surface area contributed by atoms with E-state index in [2.05, 4.69) is 10.3 Å². The fourth-order valence-corrected chi connectivity index (χ4v) is 1.35. The zero-order valence-electron chi connectivity index (χ0n) is 8.40. The summed E-state index contributed by atoms with van der Waals surface area (Å²) in [6, 6.07) is 12.3. The SMILES string of the molecule is N#Cc1ccccc1NC(=O)c1ccc[nH]1. The van der Waals surface area contributed by atoms with Crippen molar-refractivity contribution < 1.29 is 4.79 Å². The minimum Gasteiger partial charge on any atom is -0.357 e. The van der Waals surface area contributed by atoms with Crippen molar-refractivity contribution in [2.75, 3.05) is 5.32 Å². The predicted octanol–water partition coefficient (Wildman–Crippen LogP) is 2.14. The van der Waals surface area contributed by atoms with Gasteiger partial charge in [-0.15, -0.1) is 0 Å². The molecule has 0 fully saturated rings. The normalized spacial score (nSPS) is 9.44. The molecule has 1 aromatic heterocycles. The van der Waals surface area contributed by atoms with Crippen LogP contribution in [0.15, 0.2) is 42.6 Å². The number of benzene rings is 1. The summed E-state index contributed by atoms with van der Waals surface area (Å²) in [5.74, 6) is -0.257. The first-order chi connectivity index (χ1) is 7.81. The van der Waals surface area contributed by atoms with E-state index in [1.54, 1.807) is 42.6 Å². The second-order valence-electron chi connectivity index (χ2n) is 3.20. The van der Waals surface area contributed by atoms with Gasteiger partial charge in [-0.25, -0.2) is 0 Å². The lowest BCUT2D eigenvalue weighted by Crippen LogP contribution is -2.13. The van der Waals surface area contributed by atoms with Gasteiger partial charge in [0.1, 0.15) is 11.8 Å². The van der Waals surface area contributed by atoms with E-state index in [0.717, 1.165) is 0 Å². The van der Waals surface area contributed by atoms with Crippen LogP contribution in [0.1, 0.15) is 16.1 Å². The van der Waals surface area contributed by atoms with Crippen LogP contribution in [0.2, 0.25) is 0 Å². The van der Waals surface area contributed by atoms with Crippen molar-refractivity contribution in [2.24, 2.45) is 0 Å². The van der Waals surface area contributed by atoms with E-state index >= 15 is 0 Å². The van der Waals surface area contributed by atoms with Crippen molar-refractivity contribution in [3.8, 4) is 6.07 Å². The van der Waals surface area contributed by atoms with E-state index in [-0.39, 0.29) is 5.91 Å². The highest BCUT2D eigenvalue weighted by Crippen LogP contribution is 2.14. The number of H-pyrrole nitrogens is 1. The molecule has 2 aromatic rings. The van der Waals surface area contributed by atoms with Gasteiger partial charge in [0, 0.05) is 6.20 Å². The fourth-order valence-electron chi connectivity index (χ4n) is 1.35. The van der Waals surface area contributed by atoms with E-state index < -0.39 is 0 Å². The summed E-state index contributed by atoms with van der Waals surface area (Å²) in [4.78, 5) is 14.5. The monoisotopic (exact) mass is 211 g/mol. The average Bonchev–Trinajstić information content (AvgIpc) is 2.83. The first-order valence-corrected chi connectivity index (χ1v) is 4.75. The molecule has 2 N–H and O–H groups in total. The van der Waals surface area contributed by atoms with Crippen molar-refractivity contribution in [3.63, 3.8) is 0 Å². The standard InChI is InChI=1S/C12H9N3O/c13-8-9-4-1-2-5-10(9)15-12(16)11-6-3-7-14-11/h1-7,14H,(H,15,16). The van der Waals surface area contributed by atoms with Crippen LogP contribution in [0.5, 0.6) is 0 Å². The van der Waals surface area contributed by atoms with Gasteiger partial charge < -0.3 is 10.3 Å². The van der Waals surface area contributed by atoms with Gasteiger partial charge in [-0.2, -0.15) is 5.26 Å². The van der Waals surface area contributed by atoms with Crippen LogP contribution in [0.4, 0.5) is 5.69 Å². The number of para-hydroxylation sites is 1. The highest BCUT2D eigenvalue weighted by atomic mass is 16.1. The lowest BCUT2D eigenvalue weighted by molar-refractivity contribution is 0.102. The smallest absolute Gasteiger partial charge is 0.272 e. The Kier molecular flexibility index (Phi) is 2.70. The number of amides is 1. The topological polar surface area (TPSA) is 68.7 Å². The zero-order valence-corrected chi connectivity index (χ0v) is 8.40. The van der Waals surface area contributed by atoms with Crippen LogP contribution >= 0.6 is 0 Å². The molecule has 4 nitrogen and oxygen atoms in total. The molecule has 78 valence electrons. The molecule has 0 aliphatic carbocycles. The highest BCUT2D eigenvalue weighted by molar-refractivity contribution is 6.03. The molecule has 16 heavy (non-hydrogen) atoms. The van der Waals surface area contributed by atoms with Crippen LogP contribution in [0.3, 0.4) is 0 Å². The first kappa shape index (κ1) is 9.99. The Hall–Kier alpha value is -2.54. The largest absolute Gasteiger partial charge is 0.357 e. The molecular formula is C12H9N3O. The molecule has 0 aliphatic heterocycles. The van der Waals surface area contributed by atoms with Crippen molar-refractivity contribution in [1.82, 2.24) is 4.98 Å². The molecule has 0 spiro atoms. The van der Waals surface area contributed by atoms with E-state index in [4.69, 9.17) is 5.26 Å². The molecule has 0 unspecified atom stereocenters. The third-order valence-electron chi connectivity index (χ3n) is 2.14. The minimum atomic E-state index is -0.257. The minimum absolute atomic E-state index is 0.257. The van der Waals surface area contributed by atoms with Gasteiger partial charge in [-0.05, 0) is 24.3 Å². The number of nitrogens with zero attached hydrogens (tertiary/aromatic N) is 1. The van der Waals surface area contributed by atoms with Crippen molar-refractivity contribution in [1.29, 1.82) is 5.26 Å². The Morgan fingerprint density at radius 2 is 2.06 bits per heavy atom. The molecule has 1 amide bonds. The fraction of sp³-hybridized carbons (Fsp3) is 0. The predicted molar refractivity (Wildman–Crippen MR) is 59.9 cm³/mol. The quantitative estimate of drug-likeness (QED) is 0.799. The van der Waals surface area contributed by atoms with Gasteiger partial charge in [0.25, 0.3) is 5.91 Å². The van der Waals surface area contributed by atoms with Crippen molar-refractivity contribution in [2.45, 2.75) is 0 Å². The Morgan fingerprint density at radius 3 is 2.75 bits per heavy atom. The Bertz CT molecular complexity index is 538. The van der Waals surface area contributed by atoms with Gasteiger partial charge in [-0.3, -0.25) is 4.79 Å². The summed E-state index contributed by atoms with van der Waals surface area (Å²) in [5.41, 5.74) is 1.43. The van der Waals surface area contributed by atoms with E-state index in [0.29, 0.717) is 16.9 Å². The lowest BCUT2D eigenvalue weighted by Gasteiger charge is -2.04. The molecule has 0 aliphatic rings. The van der Waals surface area contributed by atoms with Gasteiger partial charge in [-0.1, -0.05) is 12.1 Å². The Morgan fingerprint density at radius 1 is 1.25 bits per heavy atom. The number of aromatic amines is 1. The summed E-state index contributed by atoms with van der Waals surface area (Å²) in [6.45, 7) is 0. The molecular weight excluding hydrogens is 202 g/mol. The van der Waals surface area contributed by atoms with Crippen molar-refractivity contribution in [3.05, 3.63) is 53.9 Å². The van der Waals surface area contributed by atoms with Crippen molar-refractivity contribution >= 4 is 11.6 Å². The number of nitriles is 1. The van der Waals surface area contributed by atoms with Crippen LogP contribution in [0, 0.1) is 11.3 Å². The number of aromatic nitrogens is 1. The number of carbonyl (C=O) groups excluding carboxylic acids is 1. The molecule has 0 radical (unpaired) electrons. The Balaban J connectivity index is 2.22. The molecule has 0 bridgehead atoms. The summed E-state index contributed by atoms with van der Waals surface area (Å²) < 4.78 is 0. The first-order valence-electron chi connectivity index (χ1n) is 4.75. The van der Waals surface area contributed by atoms with E-state index in [9.17, 15) is 4.79 Å². The summed E-state index contributed by atoms with van der Waals surface area (Å²) in [6.07, 6.45) is 1.67. The molecule has 0 saturated heterocycles. The second kappa shape index (κ2) is 4.32. The maximum Gasteiger partial charge on any atom is 0.272 e. The number of carbonyl (C=O) groups is 1. The third kappa shape index (κ3) is 1.93. The van der Waals surface area contributed by atoms with Crippen LogP contribution in [-0.4, -0.2) is 10.9 Å². The van der Waals surface area contributed by atoms with E-state index in [1.165, 1.54) is 0 Å². The third-order valence-corrected chi connectivity index (χ3v) is 2.14. The van der Waals surface area contributed by atoms with Gasteiger partial charge in [0.05, 0.1) is 11.3 Å². The number of hydrogen-bond donors (Lipinski definition) is 2. The molecule has 0 atom stereocenters. The maximum absolute atomic E-state index is 11.7. The summed E-state index contributed by atoms with van der Waals surface area (Å²) in [7, 11) is 0. The summed E-state index contributed by atoms with van der Waals surface area (Å²) in [5, 5.41) is 11.5. The second-order valence-corrected chi connectivity index (χ2v) is 3.20. The number of rotatable bonds is 2. The van der Waals surface area contributed by atoms with Crippen LogP contribution in [0.25, 0.3) is 0 Å². The average molecular weight is 211 g/mol. The summed E-state index contributed by atoms with van der Waals surface area (Å²) >= 11 is 0. The molecule has 1 heterocycles. The molecule has 1 aromatic carbocycles. The molecule has 2 rings (SSSR count). The zero-order chi connectivity index (χ0) is 11.4. The number of hydrogen-bond acceptors (Lipinski definition) is 2. The van der Waals surface area contributed by atoms with Gasteiger partial charge in [0.2, 0.25) is 0 Å². The highest BCUT2D eigenvalue weighted by Gasteiger charge is 2.08. The number of nitrogens with one attached hydrogen (secondary N) is 2. The molecule has 0 saturated carbocycles. The number of anilines is 1.